The van der Waals surface area contributed by atoms with E-state index in [4.69, 9.17) is 9.57 Å². The van der Waals surface area contributed by atoms with Crippen molar-refractivity contribution in [2.45, 2.75) is 13.0 Å². The van der Waals surface area contributed by atoms with Gasteiger partial charge in [-0.2, -0.15) is 0 Å². The van der Waals surface area contributed by atoms with Crippen molar-refractivity contribution in [2.24, 2.45) is 11.1 Å². The lowest BCUT2D eigenvalue weighted by atomic mass is 9.98. The fraction of sp³-hybridized carbons (Fsp3) is 0.364. The predicted molar refractivity (Wildman–Crippen MR) is 53.9 cm³/mol. The van der Waals surface area contributed by atoms with Crippen molar-refractivity contribution in [3.05, 3.63) is 35.9 Å². The molecule has 0 saturated carbocycles. The first-order valence-electron chi connectivity index (χ1n) is 4.65. The van der Waals surface area contributed by atoms with Gasteiger partial charge in [-0.25, -0.2) is 0 Å². The number of nitrogens with zero attached hydrogens (tertiary/aromatic N) is 1. The van der Waals surface area contributed by atoms with Gasteiger partial charge in [-0.05, 0) is 12.5 Å². The fourth-order valence-corrected chi connectivity index (χ4v) is 1.63. The highest BCUT2D eigenvalue weighted by atomic mass is 16.7. The van der Waals surface area contributed by atoms with Crippen LogP contribution in [0.4, 0.5) is 0 Å². The second-order valence-corrected chi connectivity index (χ2v) is 3.36. The zero-order valence-corrected chi connectivity index (χ0v) is 8.31. The van der Waals surface area contributed by atoms with Crippen molar-refractivity contribution < 1.29 is 9.57 Å². The largest absolute Gasteiger partial charge is 0.482 e. The van der Waals surface area contributed by atoms with Gasteiger partial charge in [-0.15, -0.1) is 0 Å². The average Bonchev–Trinajstić information content (AvgIpc) is 2.61. The first-order valence-corrected chi connectivity index (χ1v) is 4.65. The number of hydrogen-bond acceptors (Lipinski definition) is 3. The van der Waals surface area contributed by atoms with E-state index in [1.807, 2.05) is 37.3 Å². The summed E-state index contributed by atoms with van der Waals surface area (Å²) in [7, 11) is 1.62. The van der Waals surface area contributed by atoms with E-state index in [0.717, 1.165) is 5.56 Å². The Kier molecular flexibility index (Phi) is 2.39. The second-order valence-electron chi connectivity index (χ2n) is 3.36. The van der Waals surface area contributed by atoms with Crippen LogP contribution in [0.15, 0.2) is 35.5 Å². The Hall–Kier alpha value is -1.51. The smallest absolute Gasteiger partial charge is 0.232 e. The van der Waals surface area contributed by atoms with Gasteiger partial charge in [-0.1, -0.05) is 35.5 Å². The van der Waals surface area contributed by atoms with Crippen molar-refractivity contribution in [2.75, 3.05) is 7.11 Å². The summed E-state index contributed by atoms with van der Waals surface area (Å²) in [4.78, 5) is 5.32. The van der Waals surface area contributed by atoms with E-state index < -0.39 is 0 Å². The molecule has 0 aliphatic carbocycles. The number of ether oxygens (including phenoxy) is 1. The van der Waals surface area contributed by atoms with E-state index in [-0.39, 0.29) is 12.0 Å². The standard InChI is InChI=1S/C11H13NO2/c1-8-10(14-12-11(8)13-2)9-6-4-3-5-7-9/h3-8,10H,1-2H3/t8-,10+/m0/s1. The van der Waals surface area contributed by atoms with Crippen molar-refractivity contribution in [1.29, 1.82) is 0 Å². The Morgan fingerprint density at radius 1 is 1.29 bits per heavy atom. The molecule has 74 valence electrons. The predicted octanol–water partition coefficient (Wildman–Crippen LogP) is 2.35. The van der Waals surface area contributed by atoms with E-state index in [1.165, 1.54) is 0 Å². The number of oxime groups is 1. The second kappa shape index (κ2) is 3.70. The molecule has 0 aromatic heterocycles. The molecule has 0 amide bonds. The highest BCUT2D eigenvalue weighted by Crippen LogP contribution is 2.32. The van der Waals surface area contributed by atoms with Crippen molar-refractivity contribution >= 4 is 5.90 Å². The normalized spacial score (nSPS) is 25.4. The maximum atomic E-state index is 5.32. The van der Waals surface area contributed by atoms with Crippen LogP contribution in [0.3, 0.4) is 0 Å². The number of methoxy groups -OCH3 is 1. The Balaban J connectivity index is 2.17. The summed E-state index contributed by atoms with van der Waals surface area (Å²) in [6, 6.07) is 10.1. The fourth-order valence-electron chi connectivity index (χ4n) is 1.63. The molecule has 0 fully saturated rings. The van der Waals surface area contributed by atoms with Crippen LogP contribution >= 0.6 is 0 Å². The minimum absolute atomic E-state index is 0.00819. The minimum Gasteiger partial charge on any atom is -0.482 e. The van der Waals surface area contributed by atoms with Gasteiger partial charge >= 0.3 is 0 Å². The Bertz CT molecular complexity index is 334. The van der Waals surface area contributed by atoms with Gasteiger partial charge in [0.25, 0.3) is 0 Å². The van der Waals surface area contributed by atoms with E-state index in [9.17, 15) is 0 Å². The molecule has 1 aliphatic heterocycles. The van der Waals surface area contributed by atoms with Crippen LogP contribution in [0.5, 0.6) is 0 Å². The van der Waals surface area contributed by atoms with Gasteiger partial charge in [0.1, 0.15) is 0 Å². The molecule has 1 aliphatic rings. The zero-order chi connectivity index (χ0) is 9.97. The third-order valence-corrected chi connectivity index (χ3v) is 2.44. The molecule has 2 rings (SSSR count). The topological polar surface area (TPSA) is 30.8 Å². The summed E-state index contributed by atoms with van der Waals surface area (Å²) in [5.41, 5.74) is 1.14. The molecule has 2 atom stereocenters. The van der Waals surface area contributed by atoms with Gasteiger partial charge in [0, 0.05) is 0 Å². The van der Waals surface area contributed by atoms with Crippen molar-refractivity contribution in [3.63, 3.8) is 0 Å². The highest BCUT2D eigenvalue weighted by Gasteiger charge is 2.32. The maximum Gasteiger partial charge on any atom is 0.232 e. The third-order valence-electron chi connectivity index (χ3n) is 2.44. The monoisotopic (exact) mass is 191 g/mol. The number of hydrogen-bond donors (Lipinski definition) is 0. The quantitative estimate of drug-likeness (QED) is 0.682. The molecular formula is C11H13NO2. The first kappa shape index (κ1) is 9.06. The molecule has 0 radical (unpaired) electrons. The Morgan fingerprint density at radius 2 is 2.00 bits per heavy atom. The van der Waals surface area contributed by atoms with Crippen LogP contribution in [0.2, 0.25) is 0 Å². The summed E-state index contributed by atoms with van der Waals surface area (Å²) < 4.78 is 5.10. The lowest BCUT2D eigenvalue weighted by molar-refractivity contribution is 0.0653. The molecule has 0 bridgehead atoms. The van der Waals surface area contributed by atoms with Crippen LogP contribution in [-0.2, 0) is 9.57 Å². The summed E-state index contributed by atoms with van der Waals surface area (Å²) in [6.07, 6.45) is -0.00819. The van der Waals surface area contributed by atoms with E-state index in [2.05, 4.69) is 5.16 Å². The van der Waals surface area contributed by atoms with Crippen molar-refractivity contribution in [3.8, 4) is 0 Å². The molecule has 0 saturated heterocycles. The van der Waals surface area contributed by atoms with Crippen molar-refractivity contribution in [1.82, 2.24) is 0 Å². The van der Waals surface area contributed by atoms with Crippen LogP contribution in [-0.4, -0.2) is 13.0 Å². The SMILES string of the molecule is COC1=NO[C@@H](c2ccccc2)[C@@H]1C. The van der Waals surface area contributed by atoms with Crippen LogP contribution in [0.25, 0.3) is 0 Å². The number of benzene rings is 1. The molecule has 1 aromatic rings. The van der Waals surface area contributed by atoms with E-state index in [1.54, 1.807) is 7.11 Å². The Morgan fingerprint density at radius 3 is 2.57 bits per heavy atom. The molecule has 14 heavy (non-hydrogen) atoms. The maximum absolute atomic E-state index is 5.32. The molecule has 0 spiro atoms. The van der Waals surface area contributed by atoms with E-state index in [0.29, 0.717) is 5.90 Å². The van der Waals surface area contributed by atoms with Gasteiger partial charge < -0.3 is 9.57 Å². The highest BCUT2D eigenvalue weighted by molar-refractivity contribution is 5.79. The average molecular weight is 191 g/mol. The van der Waals surface area contributed by atoms with Crippen LogP contribution < -0.4 is 0 Å². The van der Waals surface area contributed by atoms with Gasteiger partial charge in [-0.3, -0.25) is 0 Å². The summed E-state index contributed by atoms with van der Waals surface area (Å²) in [5, 5.41) is 3.89. The van der Waals surface area contributed by atoms with E-state index >= 15 is 0 Å². The third kappa shape index (κ3) is 1.45. The lowest BCUT2D eigenvalue weighted by Crippen LogP contribution is -2.14. The molecule has 0 unspecified atom stereocenters. The number of rotatable bonds is 1. The van der Waals surface area contributed by atoms with Gasteiger partial charge in [0.05, 0.1) is 13.0 Å². The summed E-state index contributed by atoms with van der Waals surface area (Å²) in [6.45, 7) is 2.05. The molecular weight excluding hydrogens is 178 g/mol. The zero-order valence-electron chi connectivity index (χ0n) is 8.31. The van der Waals surface area contributed by atoms with Crippen LogP contribution in [0.1, 0.15) is 18.6 Å². The molecule has 0 N–H and O–H groups in total. The van der Waals surface area contributed by atoms with Gasteiger partial charge in [0.2, 0.25) is 5.90 Å². The van der Waals surface area contributed by atoms with Gasteiger partial charge in [0.15, 0.2) is 6.10 Å². The molecule has 1 aromatic carbocycles. The molecule has 1 heterocycles. The first-order chi connectivity index (χ1) is 6.83. The minimum atomic E-state index is -0.00819. The Labute approximate surface area is 83.3 Å². The molecule has 3 nitrogen and oxygen atoms in total. The molecule has 3 heteroatoms. The summed E-state index contributed by atoms with van der Waals surface area (Å²) in [5.74, 6) is 0.848. The van der Waals surface area contributed by atoms with Crippen LogP contribution in [0, 0.1) is 5.92 Å². The summed E-state index contributed by atoms with van der Waals surface area (Å²) >= 11 is 0. The lowest BCUT2D eigenvalue weighted by Gasteiger charge is -2.13.